The molecular weight excluding hydrogens is 360 g/mol. The Kier molecular flexibility index (Phi) is 5.55. The van der Waals surface area contributed by atoms with Crippen LogP contribution in [0.4, 0.5) is 0 Å². The van der Waals surface area contributed by atoms with Crippen LogP contribution in [0.3, 0.4) is 0 Å². The number of thiophene rings is 1. The predicted octanol–water partition coefficient (Wildman–Crippen LogP) is 1.61. The van der Waals surface area contributed by atoms with E-state index in [0.717, 1.165) is 17.8 Å². The summed E-state index contributed by atoms with van der Waals surface area (Å²) >= 11 is 1.25. The maximum absolute atomic E-state index is 12.8. The molecule has 3 rings (SSSR count). The molecule has 3 heterocycles. The van der Waals surface area contributed by atoms with Crippen molar-refractivity contribution in [3.63, 3.8) is 0 Å². The van der Waals surface area contributed by atoms with Gasteiger partial charge in [-0.2, -0.15) is 4.31 Å². The third-order valence-electron chi connectivity index (χ3n) is 4.24. The Bertz CT molecular complexity index is 814. The number of carbonyl (C=O) groups is 1. The Morgan fingerprint density at radius 1 is 1.44 bits per heavy atom. The van der Waals surface area contributed by atoms with Crippen LogP contribution in [-0.2, 0) is 21.4 Å². The molecule has 1 unspecified atom stereocenters. The van der Waals surface area contributed by atoms with E-state index in [2.05, 4.69) is 10.3 Å². The Morgan fingerprint density at radius 2 is 2.28 bits per heavy atom. The molecular formula is C16H22N4O3S2. The number of hydrogen-bond donors (Lipinski definition) is 1. The highest BCUT2D eigenvalue weighted by molar-refractivity contribution is 7.91. The van der Waals surface area contributed by atoms with Gasteiger partial charge in [-0.05, 0) is 38.3 Å². The molecule has 0 aromatic carbocycles. The van der Waals surface area contributed by atoms with E-state index in [-0.39, 0.29) is 5.91 Å². The van der Waals surface area contributed by atoms with Crippen molar-refractivity contribution in [2.75, 3.05) is 13.1 Å². The van der Waals surface area contributed by atoms with Gasteiger partial charge in [0.15, 0.2) is 0 Å². The summed E-state index contributed by atoms with van der Waals surface area (Å²) in [4.78, 5) is 17.4. The minimum atomic E-state index is -3.60. The quantitative estimate of drug-likeness (QED) is 0.738. The molecule has 1 atom stereocenters. The minimum Gasteiger partial charge on any atom is -0.355 e. The molecule has 0 bridgehead atoms. The van der Waals surface area contributed by atoms with Crippen LogP contribution in [0.15, 0.2) is 35.1 Å². The Balaban J connectivity index is 1.58. The molecule has 0 spiro atoms. The van der Waals surface area contributed by atoms with Crippen molar-refractivity contribution < 1.29 is 13.2 Å². The molecule has 7 nitrogen and oxygen atoms in total. The van der Waals surface area contributed by atoms with Gasteiger partial charge in [0, 0.05) is 36.9 Å². The summed E-state index contributed by atoms with van der Waals surface area (Å²) in [6.45, 7) is 3.55. The summed E-state index contributed by atoms with van der Waals surface area (Å²) in [5, 5.41) is 2.87. The van der Waals surface area contributed by atoms with Gasteiger partial charge in [0.1, 0.15) is 10.3 Å². The molecule has 1 amide bonds. The molecule has 0 saturated carbocycles. The second-order valence-corrected chi connectivity index (χ2v) is 9.49. The zero-order valence-electron chi connectivity index (χ0n) is 14.1. The first-order chi connectivity index (χ1) is 12.0. The number of aryl methyl sites for hydroxylation is 2. The first kappa shape index (κ1) is 18.1. The van der Waals surface area contributed by atoms with Crippen LogP contribution in [-0.4, -0.2) is 47.3 Å². The van der Waals surface area contributed by atoms with Crippen molar-refractivity contribution in [2.45, 2.75) is 43.0 Å². The van der Waals surface area contributed by atoms with Crippen LogP contribution in [0.5, 0.6) is 0 Å². The number of rotatable bonds is 7. The van der Waals surface area contributed by atoms with Gasteiger partial charge in [0.2, 0.25) is 5.91 Å². The average Bonchev–Trinajstić information content (AvgIpc) is 3.31. The molecule has 1 fully saturated rings. The molecule has 2 aromatic rings. The van der Waals surface area contributed by atoms with Crippen LogP contribution >= 0.6 is 11.3 Å². The summed E-state index contributed by atoms with van der Waals surface area (Å²) < 4.78 is 29.2. The average molecular weight is 383 g/mol. The van der Waals surface area contributed by atoms with Crippen molar-refractivity contribution in [2.24, 2.45) is 0 Å². The molecule has 1 aliphatic rings. The van der Waals surface area contributed by atoms with Gasteiger partial charge in [-0.25, -0.2) is 13.4 Å². The monoisotopic (exact) mass is 382 g/mol. The van der Waals surface area contributed by atoms with Gasteiger partial charge in [0.25, 0.3) is 10.0 Å². The normalized spacial score (nSPS) is 18.5. The second-order valence-electron chi connectivity index (χ2n) is 6.08. The molecule has 1 aliphatic heterocycles. The lowest BCUT2D eigenvalue weighted by atomic mass is 10.2. The standard InChI is InChI=1S/C16H22N4O3S2/c1-13-5-6-15(24-13)25(22,23)20-10-2-4-14(20)16(21)18-7-3-9-19-11-8-17-12-19/h5-6,8,11-12,14H,2-4,7,9-10H2,1H3,(H,18,21). The van der Waals surface area contributed by atoms with Crippen LogP contribution in [0, 0.1) is 6.92 Å². The molecule has 0 aliphatic carbocycles. The number of sulfonamides is 1. The number of imidazole rings is 1. The van der Waals surface area contributed by atoms with Gasteiger partial charge in [-0.15, -0.1) is 11.3 Å². The summed E-state index contributed by atoms with van der Waals surface area (Å²) in [6, 6.07) is 2.80. The van der Waals surface area contributed by atoms with E-state index < -0.39 is 16.1 Å². The Hall–Kier alpha value is -1.71. The lowest BCUT2D eigenvalue weighted by Gasteiger charge is -2.22. The van der Waals surface area contributed by atoms with Crippen molar-refractivity contribution in [3.8, 4) is 0 Å². The van der Waals surface area contributed by atoms with Gasteiger partial charge in [-0.1, -0.05) is 0 Å². The molecule has 136 valence electrons. The third-order valence-corrected chi connectivity index (χ3v) is 7.61. The summed E-state index contributed by atoms with van der Waals surface area (Å²) in [5.74, 6) is -0.208. The lowest BCUT2D eigenvalue weighted by molar-refractivity contribution is -0.124. The smallest absolute Gasteiger partial charge is 0.253 e. The van der Waals surface area contributed by atoms with E-state index in [1.54, 1.807) is 24.7 Å². The first-order valence-corrected chi connectivity index (χ1v) is 10.6. The number of hydrogen-bond acceptors (Lipinski definition) is 5. The predicted molar refractivity (Wildman–Crippen MR) is 95.8 cm³/mol. The van der Waals surface area contributed by atoms with E-state index in [4.69, 9.17) is 0 Å². The van der Waals surface area contributed by atoms with Gasteiger partial charge < -0.3 is 9.88 Å². The minimum absolute atomic E-state index is 0.208. The summed E-state index contributed by atoms with van der Waals surface area (Å²) in [5.41, 5.74) is 0. The zero-order valence-corrected chi connectivity index (χ0v) is 15.7. The number of nitrogens with zero attached hydrogens (tertiary/aromatic N) is 3. The first-order valence-electron chi connectivity index (χ1n) is 8.30. The van der Waals surface area contributed by atoms with Gasteiger partial charge >= 0.3 is 0 Å². The third kappa shape index (κ3) is 4.10. The van der Waals surface area contributed by atoms with E-state index in [1.165, 1.54) is 15.6 Å². The molecule has 1 saturated heterocycles. The highest BCUT2D eigenvalue weighted by Crippen LogP contribution is 2.30. The Morgan fingerprint density at radius 3 is 2.96 bits per heavy atom. The fourth-order valence-corrected chi connectivity index (χ4v) is 6.04. The van der Waals surface area contributed by atoms with E-state index in [0.29, 0.717) is 30.1 Å². The van der Waals surface area contributed by atoms with Crippen molar-refractivity contribution in [3.05, 3.63) is 35.7 Å². The maximum Gasteiger partial charge on any atom is 0.253 e. The van der Waals surface area contributed by atoms with Crippen molar-refractivity contribution in [1.29, 1.82) is 0 Å². The van der Waals surface area contributed by atoms with E-state index >= 15 is 0 Å². The topological polar surface area (TPSA) is 84.3 Å². The fourth-order valence-electron chi connectivity index (χ4n) is 2.97. The highest BCUT2D eigenvalue weighted by Gasteiger charge is 2.39. The number of nitrogens with one attached hydrogen (secondary N) is 1. The number of amides is 1. The number of aromatic nitrogens is 2. The zero-order chi connectivity index (χ0) is 17.9. The maximum atomic E-state index is 12.8. The molecule has 2 aromatic heterocycles. The lowest BCUT2D eigenvalue weighted by Crippen LogP contribution is -2.46. The summed E-state index contributed by atoms with van der Waals surface area (Å²) in [7, 11) is -3.60. The fraction of sp³-hybridized carbons (Fsp3) is 0.500. The van der Waals surface area contributed by atoms with E-state index in [1.807, 2.05) is 17.7 Å². The second kappa shape index (κ2) is 7.67. The number of carbonyl (C=O) groups excluding carboxylic acids is 1. The molecule has 25 heavy (non-hydrogen) atoms. The van der Waals surface area contributed by atoms with Gasteiger partial charge in [0.05, 0.1) is 6.33 Å². The van der Waals surface area contributed by atoms with Gasteiger partial charge in [-0.3, -0.25) is 4.79 Å². The summed E-state index contributed by atoms with van der Waals surface area (Å²) in [6.07, 6.45) is 7.36. The van der Waals surface area contributed by atoms with Crippen LogP contribution in [0.25, 0.3) is 0 Å². The van der Waals surface area contributed by atoms with Crippen molar-refractivity contribution >= 4 is 27.3 Å². The van der Waals surface area contributed by atoms with Crippen molar-refractivity contribution in [1.82, 2.24) is 19.2 Å². The van der Waals surface area contributed by atoms with Crippen LogP contribution in [0.2, 0.25) is 0 Å². The molecule has 1 N–H and O–H groups in total. The Labute approximate surface area is 151 Å². The molecule has 0 radical (unpaired) electrons. The highest BCUT2D eigenvalue weighted by atomic mass is 32.2. The van der Waals surface area contributed by atoms with Crippen LogP contribution in [0.1, 0.15) is 24.1 Å². The largest absolute Gasteiger partial charge is 0.355 e. The molecule has 9 heteroatoms. The SMILES string of the molecule is Cc1ccc(S(=O)(=O)N2CCCC2C(=O)NCCCn2ccnc2)s1. The van der Waals surface area contributed by atoms with Crippen LogP contribution < -0.4 is 5.32 Å². The van der Waals surface area contributed by atoms with E-state index in [9.17, 15) is 13.2 Å².